The predicted molar refractivity (Wildman–Crippen MR) is 49.8 cm³/mol. The van der Waals surface area contributed by atoms with Gasteiger partial charge in [0.15, 0.2) is 0 Å². The molecule has 0 saturated carbocycles. The summed E-state index contributed by atoms with van der Waals surface area (Å²) in [4.78, 5) is 6.62. The van der Waals surface area contributed by atoms with Crippen molar-refractivity contribution >= 4 is 0 Å². The van der Waals surface area contributed by atoms with E-state index in [2.05, 4.69) is 15.0 Å². The van der Waals surface area contributed by atoms with Crippen LogP contribution in [-0.2, 0) is 0 Å². The van der Waals surface area contributed by atoms with Gasteiger partial charge in [-0.2, -0.15) is 0 Å². The van der Waals surface area contributed by atoms with Crippen LogP contribution in [0.25, 0.3) is 10.4 Å². The molecule has 74 valence electrons. The second-order valence-electron chi connectivity index (χ2n) is 2.49. The molecule has 1 heterocycles. The summed E-state index contributed by atoms with van der Waals surface area (Å²) >= 11 is 0. The Morgan fingerprint density at radius 3 is 3.14 bits per heavy atom. The molecule has 0 aromatic carbocycles. The smallest absolute Gasteiger partial charge is 0.140 e. The Balaban J connectivity index is 3.08. The van der Waals surface area contributed by atoms with Gasteiger partial charge in [0, 0.05) is 11.1 Å². The van der Waals surface area contributed by atoms with Crippen LogP contribution in [0.2, 0.25) is 0 Å². The molecule has 0 amide bonds. The standard InChI is InChI=1S/C8H10N4O2/c1-14-7-3-2-4-10-8(7)6(5-13)11-12-9/h2-4,6,13H,5H2,1H3. The largest absolute Gasteiger partial charge is 0.495 e. The molecule has 0 fully saturated rings. The Bertz CT molecular complexity index is 349. The topological polar surface area (TPSA) is 91.1 Å². The number of ether oxygens (including phenoxy) is 1. The van der Waals surface area contributed by atoms with Crippen molar-refractivity contribution in [1.29, 1.82) is 0 Å². The van der Waals surface area contributed by atoms with Crippen molar-refractivity contribution in [2.75, 3.05) is 13.7 Å². The van der Waals surface area contributed by atoms with E-state index in [9.17, 15) is 0 Å². The highest BCUT2D eigenvalue weighted by molar-refractivity contribution is 5.29. The van der Waals surface area contributed by atoms with Gasteiger partial charge < -0.3 is 9.84 Å². The fourth-order valence-electron chi connectivity index (χ4n) is 1.07. The molecule has 1 aromatic rings. The van der Waals surface area contributed by atoms with Crippen molar-refractivity contribution in [2.45, 2.75) is 6.04 Å². The molecule has 1 atom stereocenters. The molecule has 1 N–H and O–H groups in total. The molecule has 1 unspecified atom stereocenters. The first-order valence-electron chi connectivity index (χ1n) is 3.97. The summed E-state index contributed by atoms with van der Waals surface area (Å²) in [5, 5.41) is 12.4. The molecule has 0 spiro atoms. The maximum atomic E-state index is 8.97. The van der Waals surface area contributed by atoms with E-state index in [1.54, 1.807) is 18.3 Å². The van der Waals surface area contributed by atoms with E-state index < -0.39 is 6.04 Å². The molecular weight excluding hydrogens is 184 g/mol. The van der Waals surface area contributed by atoms with Gasteiger partial charge in [0.25, 0.3) is 0 Å². The molecule has 0 aliphatic heterocycles. The van der Waals surface area contributed by atoms with Crippen LogP contribution in [-0.4, -0.2) is 23.8 Å². The zero-order chi connectivity index (χ0) is 10.4. The summed E-state index contributed by atoms with van der Waals surface area (Å²) in [6, 6.07) is 2.70. The number of azide groups is 1. The number of hydrogen-bond donors (Lipinski definition) is 1. The highest BCUT2D eigenvalue weighted by Crippen LogP contribution is 2.24. The van der Waals surface area contributed by atoms with Crippen LogP contribution in [0.5, 0.6) is 5.75 Å². The number of methoxy groups -OCH3 is 1. The van der Waals surface area contributed by atoms with E-state index in [0.29, 0.717) is 11.4 Å². The van der Waals surface area contributed by atoms with Gasteiger partial charge >= 0.3 is 0 Å². The lowest BCUT2D eigenvalue weighted by molar-refractivity contribution is 0.262. The highest BCUT2D eigenvalue weighted by atomic mass is 16.5. The molecule has 0 radical (unpaired) electrons. The summed E-state index contributed by atoms with van der Waals surface area (Å²) in [7, 11) is 1.49. The molecule has 6 nitrogen and oxygen atoms in total. The van der Waals surface area contributed by atoms with Gasteiger partial charge in [-0.15, -0.1) is 0 Å². The van der Waals surface area contributed by atoms with Crippen LogP contribution < -0.4 is 4.74 Å². The number of hydrogen-bond acceptors (Lipinski definition) is 4. The number of aliphatic hydroxyl groups excluding tert-OH is 1. The summed E-state index contributed by atoms with van der Waals surface area (Å²) in [5.74, 6) is 0.499. The third-order valence-corrected chi connectivity index (χ3v) is 1.70. The molecule has 6 heteroatoms. The SMILES string of the molecule is COc1cccnc1C(CO)N=[N+]=[N-]. The molecule has 1 rings (SSSR count). The number of nitrogens with zero attached hydrogens (tertiary/aromatic N) is 4. The monoisotopic (exact) mass is 194 g/mol. The van der Waals surface area contributed by atoms with E-state index in [0.717, 1.165) is 0 Å². The third kappa shape index (κ3) is 2.12. The number of pyridine rings is 1. The van der Waals surface area contributed by atoms with Gasteiger partial charge in [-0.3, -0.25) is 4.98 Å². The Hall–Kier alpha value is -1.78. The number of aliphatic hydroxyl groups is 1. The fraction of sp³-hybridized carbons (Fsp3) is 0.375. The summed E-state index contributed by atoms with van der Waals surface area (Å²) < 4.78 is 5.02. The molecule has 14 heavy (non-hydrogen) atoms. The zero-order valence-electron chi connectivity index (χ0n) is 7.66. The first-order chi connectivity index (χ1) is 6.83. The zero-order valence-corrected chi connectivity index (χ0v) is 7.66. The second kappa shape index (κ2) is 5.06. The maximum absolute atomic E-state index is 8.97. The summed E-state index contributed by atoms with van der Waals surface area (Å²) in [6.07, 6.45) is 1.55. The van der Waals surface area contributed by atoms with Crippen LogP contribution >= 0.6 is 0 Å². The van der Waals surface area contributed by atoms with Gasteiger partial charge in [0.2, 0.25) is 0 Å². The van der Waals surface area contributed by atoms with Crippen LogP contribution in [0, 0.1) is 0 Å². The first kappa shape index (κ1) is 10.3. The molecule has 0 saturated heterocycles. The van der Waals surface area contributed by atoms with Gasteiger partial charge in [0.05, 0.1) is 19.4 Å². The number of rotatable bonds is 4. The first-order valence-corrected chi connectivity index (χ1v) is 3.97. The van der Waals surface area contributed by atoms with Crippen LogP contribution in [0.1, 0.15) is 11.7 Å². The van der Waals surface area contributed by atoms with Crippen molar-refractivity contribution < 1.29 is 9.84 Å². The molecule has 0 bridgehead atoms. The normalized spacial score (nSPS) is 11.6. The predicted octanol–water partition coefficient (Wildman–Crippen LogP) is 1.43. The van der Waals surface area contributed by atoms with Gasteiger partial charge in [-0.05, 0) is 17.7 Å². The minimum absolute atomic E-state index is 0.294. The van der Waals surface area contributed by atoms with Crippen molar-refractivity contribution in [1.82, 2.24) is 4.98 Å². The van der Waals surface area contributed by atoms with Crippen molar-refractivity contribution in [3.8, 4) is 5.75 Å². The minimum atomic E-state index is -0.698. The quantitative estimate of drug-likeness (QED) is 0.446. The molecule has 0 aliphatic rings. The molecule has 1 aromatic heterocycles. The Labute approximate surface area is 80.8 Å². The Morgan fingerprint density at radius 1 is 1.79 bits per heavy atom. The summed E-state index contributed by atoms with van der Waals surface area (Å²) in [6.45, 7) is -0.294. The lowest BCUT2D eigenvalue weighted by atomic mass is 10.2. The average Bonchev–Trinajstić information content (AvgIpc) is 2.26. The van der Waals surface area contributed by atoms with Crippen LogP contribution in [0.4, 0.5) is 0 Å². The molecule has 0 aliphatic carbocycles. The summed E-state index contributed by atoms with van der Waals surface area (Å²) in [5.41, 5.74) is 8.71. The van der Waals surface area contributed by atoms with E-state index in [-0.39, 0.29) is 6.61 Å². The highest BCUT2D eigenvalue weighted by Gasteiger charge is 2.14. The second-order valence-corrected chi connectivity index (χ2v) is 2.49. The van der Waals surface area contributed by atoms with Gasteiger partial charge in [0.1, 0.15) is 11.8 Å². The molecular formula is C8H10N4O2. The van der Waals surface area contributed by atoms with E-state index >= 15 is 0 Å². The van der Waals surface area contributed by atoms with Crippen molar-refractivity contribution in [3.63, 3.8) is 0 Å². The van der Waals surface area contributed by atoms with Gasteiger partial charge in [-0.25, -0.2) is 0 Å². The Morgan fingerprint density at radius 2 is 2.57 bits per heavy atom. The fourth-order valence-corrected chi connectivity index (χ4v) is 1.07. The van der Waals surface area contributed by atoms with E-state index in [4.69, 9.17) is 15.4 Å². The Kier molecular flexibility index (Phi) is 3.72. The van der Waals surface area contributed by atoms with E-state index in [1.165, 1.54) is 7.11 Å². The van der Waals surface area contributed by atoms with Crippen LogP contribution in [0.15, 0.2) is 23.4 Å². The van der Waals surface area contributed by atoms with Crippen molar-refractivity contribution in [2.24, 2.45) is 5.11 Å². The lowest BCUT2D eigenvalue weighted by Crippen LogP contribution is -2.04. The average molecular weight is 194 g/mol. The van der Waals surface area contributed by atoms with Crippen LogP contribution in [0.3, 0.4) is 0 Å². The maximum Gasteiger partial charge on any atom is 0.140 e. The lowest BCUT2D eigenvalue weighted by Gasteiger charge is -2.10. The van der Waals surface area contributed by atoms with Gasteiger partial charge in [-0.1, -0.05) is 5.11 Å². The van der Waals surface area contributed by atoms with Crippen molar-refractivity contribution in [3.05, 3.63) is 34.5 Å². The third-order valence-electron chi connectivity index (χ3n) is 1.70. The number of aromatic nitrogens is 1. The minimum Gasteiger partial charge on any atom is -0.495 e. The van der Waals surface area contributed by atoms with E-state index in [1.807, 2.05) is 0 Å².